The number of benzene rings is 1. The largest absolute Gasteiger partial charge is 0.481 e. The van der Waals surface area contributed by atoms with Crippen molar-refractivity contribution in [3.05, 3.63) is 46.7 Å². The molecule has 1 aromatic carbocycles. The van der Waals surface area contributed by atoms with Crippen LogP contribution in [0.15, 0.2) is 41.8 Å². The SMILES string of the molecule is C[C@@H]1Oc2ccccc2N(CCC(=O)N[C@H](CC(=O)O)c2cccs2)C1=O. The molecule has 0 aliphatic carbocycles. The molecule has 1 aliphatic heterocycles. The summed E-state index contributed by atoms with van der Waals surface area (Å²) in [6.45, 7) is 1.87. The molecule has 1 aromatic heterocycles. The van der Waals surface area contributed by atoms with Crippen molar-refractivity contribution in [2.45, 2.75) is 31.9 Å². The second-order valence-electron chi connectivity index (χ2n) is 6.20. The Kier molecular flexibility index (Phi) is 5.75. The summed E-state index contributed by atoms with van der Waals surface area (Å²) < 4.78 is 5.58. The maximum atomic E-state index is 12.4. The van der Waals surface area contributed by atoms with Crippen LogP contribution in [0.5, 0.6) is 5.75 Å². The van der Waals surface area contributed by atoms with Crippen molar-refractivity contribution in [1.29, 1.82) is 0 Å². The maximum absolute atomic E-state index is 12.4. The van der Waals surface area contributed by atoms with Crippen LogP contribution in [0.25, 0.3) is 0 Å². The number of carboxylic acids is 1. The van der Waals surface area contributed by atoms with Gasteiger partial charge in [0.05, 0.1) is 18.2 Å². The van der Waals surface area contributed by atoms with Gasteiger partial charge >= 0.3 is 5.97 Å². The van der Waals surface area contributed by atoms with Gasteiger partial charge in [0.1, 0.15) is 5.75 Å². The fourth-order valence-electron chi connectivity index (χ4n) is 2.96. The second-order valence-corrected chi connectivity index (χ2v) is 7.18. The van der Waals surface area contributed by atoms with Crippen molar-refractivity contribution in [3.8, 4) is 5.75 Å². The molecule has 2 amide bonds. The zero-order valence-corrected chi connectivity index (χ0v) is 15.6. The van der Waals surface area contributed by atoms with E-state index in [2.05, 4.69) is 5.32 Å². The van der Waals surface area contributed by atoms with E-state index in [1.165, 1.54) is 11.3 Å². The van der Waals surface area contributed by atoms with Crippen LogP contribution >= 0.6 is 11.3 Å². The van der Waals surface area contributed by atoms with Crippen molar-refractivity contribution >= 4 is 34.8 Å². The molecule has 0 fully saturated rings. The van der Waals surface area contributed by atoms with Gasteiger partial charge in [0.15, 0.2) is 6.10 Å². The van der Waals surface area contributed by atoms with Crippen LogP contribution < -0.4 is 15.0 Å². The Morgan fingerprint density at radius 3 is 2.78 bits per heavy atom. The van der Waals surface area contributed by atoms with Crippen molar-refractivity contribution in [2.24, 2.45) is 0 Å². The first-order chi connectivity index (χ1) is 13.0. The third-order valence-corrected chi connectivity index (χ3v) is 5.22. The number of carbonyl (C=O) groups is 3. The van der Waals surface area contributed by atoms with E-state index in [9.17, 15) is 14.4 Å². The minimum Gasteiger partial charge on any atom is -0.481 e. The quantitative estimate of drug-likeness (QED) is 0.760. The summed E-state index contributed by atoms with van der Waals surface area (Å²) in [6.07, 6.45) is -0.745. The summed E-state index contributed by atoms with van der Waals surface area (Å²) >= 11 is 1.39. The lowest BCUT2D eigenvalue weighted by molar-refractivity contribution is -0.137. The van der Waals surface area contributed by atoms with Gasteiger partial charge in [-0.25, -0.2) is 0 Å². The highest BCUT2D eigenvalue weighted by Gasteiger charge is 2.31. The van der Waals surface area contributed by atoms with E-state index in [-0.39, 0.29) is 31.2 Å². The van der Waals surface area contributed by atoms with Crippen molar-refractivity contribution in [1.82, 2.24) is 5.32 Å². The molecule has 0 bridgehead atoms. The topological polar surface area (TPSA) is 95.9 Å². The molecule has 0 unspecified atom stereocenters. The summed E-state index contributed by atoms with van der Waals surface area (Å²) in [5.41, 5.74) is 0.633. The number of nitrogens with zero attached hydrogens (tertiary/aromatic N) is 1. The van der Waals surface area contributed by atoms with Gasteiger partial charge in [0.25, 0.3) is 5.91 Å². The molecule has 2 N–H and O–H groups in total. The number of aliphatic carboxylic acids is 1. The number of rotatable bonds is 7. The zero-order chi connectivity index (χ0) is 19.4. The Bertz CT molecular complexity index is 836. The predicted octanol–water partition coefficient (Wildman–Crippen LogP) is 2.58. The Balaban J connectivity index is 1.66. The lowest BCUT2D eigenvalue weighted by atomic mass is 10.1. The van der Waals surface area contributed by atoms with Crippen LogP contribution in [0, 0.1) is 0 Å². The third-order valence-electron chi connectivity index (χ3n) is 4.24. The first-order valence-electron chi connectivity index (χ1n) is 8.57. The monoisotopic (exact) mass is 388 g/mol. The fraction of sp³-hybridized carbons (Fsp3) is 0.316. The van der Waals surface area contributed by atoms with Crippen LogP contribution in [0.1, 0.15) is 30.7 Å². The minimum atomic E-state index is -0.986. The summed E-state index contributed by atoms with van der Waals surface area (Å²) in [6, 6.07) is 10.2. The number of amides is 2. The third kappa shape index (κ3) is 4.46. The maximum Gasteiger partial charge on any atom is 0.305 e. The molecule has 3 rings (SSSR count). The molecule has 1 aliphatic rings. The normalized spacial score (nSPS) is 17.0. The van der Waals surface area contributed by atoms with Crippen LogP contribution in [0.4, 0.5) is 5.69 Å². The molecule has 2 aromatic rings. The Hall–Kier alpha value is -2.87. The number of carboxylic acid groups (broad SMARTS) is 1. The Labute approximate surface area is 160 Å². The number of ether oxygens (including phenoxy) is 1. The van der Waals surface area contributed by atoms with Gasteiger partial charge in [0, 0.05) is 17.8 Å². The highest BCUT2D eigenvalue weighted by Crippen LogP contribution is 2.33. The molecule has 142 valence electrons. The molecule has 27 heavy (non-hydrogen) atoms. The number of thiophene rings is 1. The Morgan fingerprint density at radius 1 is 1.30 bits per heavy atom. The number of para-hydroxylation sites is 2. The van der Waals surface area contributed by atoms with E-state index in [0.717, 1.165) is 4.88 Å². The number of hydrogen-bond donors (Lipinski definition) is 2. The Morgan fingerprint density at radius 2 is 2.07 bits per heavy atom. The molecule has 8 heteroatoms. The second kappa shape index (κ2) is 8.22. The van der Waals surface area contributed by atoms with E-state index in [1.54, 1.807) is 36.1 Å². The lowest BCUT2D eigenvalue weighted by Crippen LogP contribution is -2.46. The van der Waals surface area contributed by atoms with Crippen LogP contribution in [0.3, 0.4) is 0 Å². The summed E-state index contributed by atoms with van der Waals surface area (Å²) in [5.74, 6) is -0.895. The highest BCUT2D eigenvalue weighted by molar-refractivity contribution is 7.10. The average Bonchev–Trinajstić information content (AvgIpc) is 3.16. The van der Waals surface area contributed by atoms with Gasteiger partial charge < -0.3 is 20.1 Å². The first kappa shape index (κ1) is 18.9. The first-order valence-corrected chi connectivity index (χ1v) is 9.45. The number of nitrogens with one attached hydrogen (secondary N) is 1. The van der Waals surface area contributed by atoms with Gasteiger partial charge in [-0.2, -0.15) is 0 Å². The van der Waals surface area contributed by atoms with Gasteiger partial charge in [0.2, 0.25) is 5.91 Å². The molecule has 0 saturated heterocycles. The molecule has 0 radical (unpaired) electrons. The van der Waals surface area contributed by atoms with Gasteiger partial charge in [-0.15, -0.1) is 11.3 Å². The van der Waals surface area contributed by atoms with E-state index < -0.39 is 18.1 Å². The number of carbonyl (C=O) groups excluding carboxylic acids is 2. The van der Waals surface area contributed by atoms with Crippen LogP contribution in [-0.4, -0.2) is 35.5 Å². The van der Waals surface area contributed by atoms with E-state index >= 15 is 0 Å². The molecule has 2 atom stereocenters. The highest BCUT2D eigenvalue weighted by atomic mass is 32.1. The predicted molar refractivity (Wildman–Crippen MR) is 101 cm³/mol. The zero-order valence-electron chi connectivity index (χ0n) is 14.8. The summed E-state index contributed by atoms with van der Waals surface area (Å²) in [4.78, 5) is 38.3. The lowest BCUT2D eigenvalue weighted by Gasteiger charge is -2.32. The van der Waals surface area contributed by atoms with Crippen molar-refractivity contribution in [3.63, 3.8) is 0 Å². The van der Waals surface area contributed by atoms with E-state index in [0.29, 0.717) is 11.4 Å². The molecular weight excluding hydrogens is 368 g/mol. The van der Waals surface area contributed by atoms with Gasteiger partial charge in [-0.3, -0.25) is 14.4 Å². The summed E-state index contributed by atoms with van der Waals surface area (Å²) in [7, 11) is 0. The van der Waals surface area contributed by atoms with Gasteiger partial charge in [-0.05, 0) is 30.5 Å². The molecule has 2 heterocycles. The summed E-state index contributed by atoms with van der Waals surface area (Å²) in [5, 5.41) is 13.7. The smallest absolute Gasteiger partial charge is 0.305 e. The minimum absolute atomic E-state index is 0.0638. The van der Waals surface area contributed by atoms with Crippen LogP contribution in [0.2, 0.25) is 0 Å². The van der Waals surface area contributed by atoms with Gasteiger partial charge in [-0.1, -0.05) is 18.2 Å². The van der Waals surface area contributed by atoms with Crippen molar-refractivity contribution < 1.29 is 24.2 Å². The van der Waals surface area contributed by atoms with E-state index in [1.807, 2.05) is 17.5 Å². The average molecular weight is 388 g/mol. The molecule has 0 spiro atoms. The number of hydrogen-bond acceptors (Lipinski definition) is 5. The van der Waals surface area contributed by atoms with Crippen LogP contribution in [-0.2, 0) is 14.4 Å². The number of fused-ring (bicyclic) bond motifs is 1. The molecule has 0 saturated carbocycles. The molecule has 7 nitrogen and oxygen atoms in total. The molecular formula is C19H20N2O5S. The number of anilines is 1. The standard InChI is InChI=1S/C19H20N2O5S/c1-12-19(25)21(14-5-2-3-6-15(14)26-12)9-8-17(22)20-13(11-18(23)24)16-7-4-10-27-16/h2-7,10,12-13H,8-9,11H2,1H3,(H,20,22)(H,23,24)/t12-,13+/m0/s1. The fourth-order valence-corrected chi connectivity index (χ4v) is 3.73. The van der Waals surface area contributed by atoms with Crippen molar-refractivity contribution in [2.75, 3.05) is 11.4 Å². The van der Waals surface area contributed by atoms with E-state index in [4.69, 9.17) is 9.84 Å².